The number of aromatic amines is 1. The second-order valence-corrected chi connectivity index (χ2v) is 4.67. The number of hydrogen-bond donors (Lipinski definition) is 1. The molecule has 0 fully saturated rings. The summed E-state index contributed by atoms with van der Waals surface area (Å²) in [6.07, 6.45) is 3.16. The minimum atomic E-state index is -0.484. The van der Waals surface area contributed by atoms with Crippen molar-refractivity contribution < 1.29 is 9.53 Å². The summed E-state index contributed by atoms with van der Waals surface area (Å²) < 4.78 is 5.63. The van der Waals surface area contributed by atoms with Crippen LogP contribution < -0.4 is 0 Å². The van der Waals surface area contributed by atoms with Crippen molar-refractivity contribution in [3.8, 4) is 0 Å². The monoisotopic (exact) mass is 226 g/mol. The van der Waals surface area contributed by atoms with Crippen molar-refractivity contribution >= 4 is 18.2 Å². The number of ether oxygens (including phenoxy) is 1. The van der Waals surface area contributed by atoms with Gasteiger partial charge in [-0.2, -0.15) is 0 Å². The fourth-order valence-corrected chi connectivity index (χ4v) is 0.917. The van der Waals surface area contributed by atoms with E-state index in [9.17, 15) is 4.79 Å². The van der Waals surface area contributed by atoms with Crippen LogP contribution in [0.2, 0.25) is 0 Å². The molecule has 0 aromatic carbocycles. The number of carbonyl (C=O) groups is 1. The van der Waals surface area contributed by atoms with Crippen LogP contribution in [-0.4, -0.2) is 15.9 Å². The van der Waals surface area contributed by atoms with Crippen LogP contribution in [0.5, 0.6) is 0 Å². The Hall–Kier alpha value is -1.23. The molecular weight excluding hydrogens is 212 g/mol. The van der Waals surface area contributed by atoms with Crippen LogP contribution in [0, 0.1) is 10.1 Å². The highest BCUT2D eigenvalue weighted by atomic mass is 32.1. The minimum absolute atomic E-state index is 0.169. The molecule has 0 spiro atoms. The van der Waals surface area contributed by atoms with Gasteiger partial charge in [0.25, 0.3) is 0 Å². The summed E-state index contributed by atoms with van der Waals surface area (Å²) in [7, 11) is 0. The molecule has 15 heavy (non-hydrogen) atoms. The quantitative estimate of drug-likeness (QED) is 0.620. The smallest absolute Gasteiger partial charge is 0.311 e. The molecule has 4 nitrogen and oxygen atoms in total. The number of carbonyl (C=O) groups excluding carboxylic acids is 1. The molecule has 1 heterocycles. The standard InChI is InChI=1S/C10H14N2O2S/c1-10(2,3)9(13)14-6-7-4-12-8(15)5-11-7/h4-5H,6H2,1-3H3,(H,12,15). The van der Waals surface area contributed by atoms with Crippen LogP contribution in [0.4, 0.5) is 0 Å². The van der Waals surface area contributed by atoms with Gasteiger partial charge in [0, 0.05) is 6.20 Å². The summed E-state index contributed by atoms with van der Waals surface area (Å²) in [5.74, 6) is -0.244. The van der Waals surface area contributed by atoms with Gasteiger partial charge < -0.3 is 9.72 Å². The predicted octanol–water partition coefficient (Wildman–Crippen LogP) is 2.23. The first kappa shape index (κ1) is 11.8. The highest BCUT2D eigenvalue weighted by molar-refractivity contribution is 7.71. The fraction of sp³-hybridized carbons (Fsp3) is 0.500. The van der Waals surface area contributed by atoms with Crippen molar-refractivity contribution in [3.05, 3.63) is 22.7 Å². The van der Waals surface area contributed by atoms with Gasteiger partial charge in [-0.3, -0.25) is 9.78 Å². The maximum absolute atomic E-state index is 11.4. The Labute approximate surface area is 93.7 Å². The van der Waals surface area contributed by atoms with E-state index in [1.165, 1.54) is 6.20 Å². The van der Waals surface area contributed by atoms with E-state index in [-0.39, 0.29) is 12.6 Å². The molecule has 5 heteroatoms. The SMILES string of the molecule is CC(C)(C)C(=O)OCc1c[nH]c(=S)cn1. The normalized spacial score (nSPS) is 11.1. The van der Waals surface area contributed by atoms with Gasteiger partial charge in [0.2, 0.25) is 0 Å². The fourth-order valence-electron chi connectivity index (χ4n) is 0.805. The van der Waals surface area contributed by atoms with E-state index >= 15 is 0 Å². The van der Waals surface area contributed by atoms with Crippen molar-refractivity contribution in [1.29, 1.82) is 0 Å². The molecule has 1 aromatic rings. The summed E-state index contributed by atoms with van der Waals surface area (Å²) in [6.45, 7) is 5.59. The van der Waals surface area contributed by atoms with Gasteiger partial charge in [-0.25, -0.2) is 0 Å². The van der Waals surface area contributed by atoms with Gasteiger partial charge in [0.15, 0.2) is 0 Å². The van der Waals surface area contributed by atoms with Crippen molar-refractivity contribution in [3.63, 3.8) is 0 Å². The Morgan fingerprint density at radius 2 is 2.27 bits per heavy atom. The molecule has 0 saturated carbocycles. The molecule has 0 aliphatic heterocycles. The number of nitrogens with zero attached hydrogens (tertiary/aromatic N) is 1. The largest absolute Gasteiger partial charge is 0.459 e. The van der Waals surface area contributed by atoms with E-state index in [2.05, 4.69) is 9.97 Å². The van der Waals surface area contributed by atoms with Crippen LogP contribution in [0.1, 0.15) is 26.5 Å². The molecule has 0 radical (unpaired) electrons. The van der Waals surface area contributed by atoms with E-state index in [1.54, 1.807) is 27.0 Å². The summed E-state index contributed by atoms with van der Waals surface area (Å²) >= 11 is 4.84. The first-order chi connectivity index (χ1) is 6.89. The highest BCUT2D eigenvalue weighted by Crippen LogP contribution is 2.15. The Morgan fingerprint density at radius 1 is 1.60 bits per heavy atom. The summed E-state index contributed by atoms with van der Waals surface area (Å²) in [6, 6.07) is 0. The molecule has 0 aliphatic carbocycles. The Balaban J connectivity index is 2.55. The van der Waals surface area contributed by atoms with E-state index in [0.717, 1.165) is 0 Å². The van der Waals surface area contributed by atoms with Crippen LogP contribution >= 0.6 is 12.2 Å². The van der Waals surface area contributed by atoms with Gasteiger partial charge in [0.1, 0.15) is 11.2 Å². The zero-order valence-corrected chi connectivity index (χ0v) is 9.85. The zero-order chi connectivity index (χ0) is 11.5. The molecule has 1 aromatic heterocycles. The molecule has 1 N–H and O–H groups in total. The molecular formula is C10H14N2O2S. The van der Waals surface area contributed by atoms with Crippen LogP contribution in [0.25, 0.3) is 0 Å². The summed E-state index contributed by atoms with van der Waals surface area (Å²) in [5, 5.41) is 0. The van der Waals surface area contributed by atoms with Crippen LogP contribution in [0.15, 0.2) is 12.4 Å². The molecule has 0 aliphatic rings. The molecule has 0 unspecified atom stereocenters. The van der Waals surface area contributed by atoms with Crippen LogP contribution in [-0.2, 0) is 16.1 Å². The third kappa shape index (κ3) is 3.79. The Morgan fingerprint density at radius 3 is 2.73 bits per heavy atom. The maximum atomic E-state index is 11.4. The summed E-state index contributed by atoms with van der Waals surface area (Å²) in [4.78, 5) is 18.3. The third-order valence-electron chi connectivity index (χ3n) is 1.69. The molecule has 0 atom stereocenters. The lowest BCUT2D eigenvalue weighted by Crippen LogP contribution is -2.22. The molecule has 0 saturated heterocycles. The summed E-state index contributed by atoms with van der Waals surface area (Å²) in [5.41, 5.74) is 0.169. The number of nitrogens with one attached hydrogen (secondary N) is 1. The van der Waals surface area contributed by atoms with Crippen molar-refractivity contribution in [2.45, 2.75) is 27.4 Å². The topological polar surface area (TPSA) is 55.0 Å². The average Bonchev–Trinajstić information content (AvgIpc) is 2.15. The van der Waals surface area contributed by atoms with E-state index in [0.29, 0.717) is 10.3 Å². The predicted molar refractivity (Wildman–Crippen MR) is 58.7 cm³/mol. The van der Waals surface area contributed by atoms with Crippen molar-refractivity contribution in [2.24, 2.45) is 5.41 Å². The number of esters is 1. The lowest BCUT2D eigenvalue weighted by Gasteiger charge is -2.16. The number of aromatic nitrogens is 2. The maximum Gasteiger partial charge on any atom is 0.311 e. The average molecular weight is 226 g/mol. The van der Waals surface area contributed by atoms with Crippen molar-refractivity contribution in [2.75, 3.05) is 0 Å². The van der Waals surface area contributed by atoms with E-state index in [4.69, 9.17) is 17.0 Å². The van der Waals surface area contributed by atoms with Crippen LogP contribution in [0.3, 0.4) is 0 Å². The molecule has 0 amide bonds. The molecule has 0 bridgehead atoms. The van der Waals surface area contributed by atoms with Gasteiger partial charge >= 0.3 is 5.97 Å². The zero-order valence-electron chi connectivity index (χ0n) is 9.03. The minimum Gasteiger partial charge on any atom is -0.459 e. The van der Waals surface area contributed by atoms with E-state index < -0.39 is 5.41 Å². The first-order valence-corrected chi connectivity index (χ1v) is 5.01. The van der Waals surface area contributed by atoms with Gasteiger partial charge in [0.05, 0.1) is 17.3 Å². The van der Waals surface area contributed by atoms with Gasteiger partial charge in [-0.05, 0) is 20.8 Å². The van der Waals surface area contributed by atoms with Gasteiger partial charge in [-0.15, -0.1) is 0 Å². The van der Waals surface area contributed by atoms with Crippen molar-refractivity contribution in [1.82, 2.24) is 9.97 Å². The first-order valence-electron chi connectivity index (χ1n) is 4.60. The number of H-pyrrole nitrogens is 1. The van der Waals surface area contributed by atoms with E-state index in [1.807, 2.05) is 0 Å². The Kier molecular flexibility index (Phi) is 3.57. The third-order valence-corrected chi connectivity index (χ3v) is 1.92. The number of rotatable bonds is 2. The second-order valence-electron chi connectivity index (χ2n) is 4.23. The Bertz CT molecular complexity index is 386. The lowest BCUT2D eigenvalue weighted by molar-refractivity contribution is -0.154. The molecule has 82 valence electrons. The lowest BCUT2D eigenvalue weighted by atomic mass is 9.97. The highest BCUT2D eigenvalue weighted by Gasteiger charge is 2.22. The molecule has 1 rings (SSSR count). The number of hydrogen-bond acceptors (Lipinski definition) is 4. The van der Waals surface area contributed by atoms with Gasteiger partial charge in [-0.1, -0.05) is 12.2 Å². The second kappa shape index (κ2) is 4.53.